The molecule has 0 saturated heterocycles. The van der Waals surface area contributed by atoms with Crippen molar-refractivity contribution in [2.45, 2.75) is 6.42 Å². The zero-order valence-corrected chi connectivity index (χ0v) is 4.89. The van der Waals surface area contributed by atoms with Gasteiger partial charge in [0.05, 0.1) is 0 Å². The number of nitrogens with zero attached hydrogens (tertiary/aromatic N) is 3. The van der Waals surface area contributed by atoms with Crippen LogP contribution in [0, 0.1) is 0 Å². The Hall–Kier alpha value is -1.16. The van der Waals surface area contributed by atoms with Crippen molar-refractivity contribution in [2.75, 3.05) is 6.54 Å². The van der Waals surface area contributed by atoms with Crippen LogP contribution in [-0.4, -0.2) is 6.54 Å². The lowest BCUT2D eigenvalue weighted by molar-refractivity contribution is 0.371. The summed E-state index contributed by atoms with van der Waals surface area (Å²) in [5, 5.41) is 2.87. The molecule has 10 heavy (non-hydrogen) atoms. The molecule has 0 unspecified atom stereocenters. The van der Waals surface area contributed by atoms with E-state index in [2.05, 4.69) is 10.0 Å². The van der Waals surface area contributed by atoms with Crippen LogP contribution in [0.4, 0.5) is 13.2 Å². The molecule has 0 fully saturated rings. The first-order valence-electron chi connectivity index (χ1n) is 2.39. The van der Waals surface area contributed by atoms with Gasteiger partial charge in [-0.05, 0) is 5.53 Å². The van der Waals surface area contributed by atoms with E-state index in [1.807, 2.05) is 0 Å². The van der Waals surface area contributed by atoms with Gasteiger partial charge in [0, 0.05) is 17.9 Å². The van der Waals surface area contributed by atoms with Gasteiger partial charge in [0.2, 0.25) is 0 Å². The van der Waals surface area contributed by atoms with Crippen molar-refractivity contribution in [2.24, 2.45) is 5.11 Å². The van der Waals surface area contributed by atoms with Gasteiger partial charge in [-0.25, -0.2) is 4.39 Å². The van der Waals surface area contributed by atoms with Crippen molar-refractivity contribution in [1.82, 2.24) is 0 Å². The largest absolute Gasteiger partial charge is 0.301 e. The maximum absolute atomic E-state index is 11.8. The zero-order valence-electron chi connectivity index (χ0n) is 4.89. The lowest BCUT2D eigenvalue weighted by Crippen LogP contribution is -1.80. The highest BCUT2D eigenvalue weighted by molar-refractivity contribution is 4.91. The number of hydrogen-bond acceptors (Lipinski definition) is 1. The predicted octanol–water partition coefficient (Wildman–Crippen LogP) is 2.76. The third-order valence-corrected chi connectivity index (χ3v) is 0.700. The highest BCUT2D eigenvalue weighted by Gasteiger charge is 2.02. The first-order valence-corrected chi connectivity index (χ1v) is 2.39. The van der Waals surface area contributed by atoms with Crippen molar-refractivity contribution in [1.29, 1.82) is 0 Å². The first-order chi connectivity index (χ1) is 4.68. The summed E-state index contributed by atoms with van der Waals surface area (Å²) in [6.07, 6.45) is -2.89. The number of azide groups is 1. The molecule has 3 nitrogen and oxygen atoms in total. The summed E-state index contributed by atoms with van der Waals surface area (Å²) in [5.74, 6) is -1.52. The molecule has 0 aromatic rings. The summed E-state index contributed by atoms with van der Waals surface area (Å²) >= 11 is 0. The molecule has 0 aromatic heterocycles. The third-order valence-electron chi connectivity index (χ3n) is 0.700. The molecule has 0 atom stereocenters. The minimum atomic E-state index is -2.35. The van der Waals surface area contributed by atoms with Crippen LogP contribution in [0.1, 0.15) is 6.42 Å². The molecule has 0 bridgehead atoms. The lowest BCUT2D eigenvalue weighted by atomic mass is 10.4. The van der Waals surface area contributed by atoms with Gasteiger partial charge in [0.15, 0.2) is 5.83 Å². The summed E-state index contributed by atoms with van der Waals surface area (Å²) in [4.78, 5) is 2.26. The van der Waals surface area contributed by atoms with Crippen molar-refractivity contribution in [3.63, 3.8) is 0 Å². The fraction of sp³-hybridized carbons (Fsp3) is 0.500. The van der Waals surface area contributed by atoms with Gasteiger partial charge >= 0.3 is 6.08 Å². The molecule has 56 valence electrons. The molecule has 0 amide bonds. The molecule has 0 saturated carbocycles. The molecule has 0 rings (SSSR count). The molecule has 0 aliphatic heterocycles. The Bertz CT molecular complexity index is 178. The average Bonchev–Trinajstić information content (AvgIpc) is 1.88. The van der Waals surface area contributed by atoms with Crippen molar-refractivity contribution in [3.8, 4) is 0 Å². The molecule has 0 radical (unpaired) electrons. The number of hydrogen-bond donors (Lipinski definition) is 0. The fourth-order valence-corrected chi connectivity index (χ4v) is 0.287. The Kier molecular flexibility index (Phi) is 4.15. The van der Waals surface area contributed by atoms with Crippen LogP contribution < -0.4 is 0 Å². The standard InChI is InChI=1S/C4H4F3N3/c5-3(4(6)7)1-2-9-10-8/h1-2H2. The summed E-state index contributed by atoms with van der Waals surface area (Å²) < 4.78 is 34.2. The van der Waals surface area contributed by atoms with Crippen LogP contribution in [0.2, 0.25) is 0 Å². The molecular weight excluding hydrogens is 147 g/mol. The van der Waals surface area contributed by atoms with Gasteiger partial charge in [-0.3, -0.25) is 0 Å². The van der Waals surface area contributed by atoms with E-state index in [0.717, 1.165) is 0 Å². The maximum Gasteiger partial charge on any atom is 0.301 e. The summed E-state index contributed by atoms with van der Waals surface area (Å²) in [6, 6.07) is 0. The van der Waals surface area contributed by atoms with Crippen molar-refractivity contribution in [3.05, 3.63) is 22.4 Å². The normalized spacial score (nSPS) is 8.30. The Morgan fingerprint density at radius 2 is 2.00 bits per heavy atom. The van der Waals surface area contributed by atoms with E-state index in [1.54, 1.807) is 0 Å². The van der Waals surface area contributed by atoms with Crippen molar-refractivity contribution < 1.29 is 13.2 Å². The minimum absolute atomic E-state index is 0.278. The van der Waals surface area contributed by atoms with E-state index in [9.17, 15) is 13.2 Å². The van der Waals surface area contributed by atoms with Crippen LogP contribution in [0.25, 0.3) is 10.4 Å². The Morgan fingerprint density at radius 1 is 1.40 bits per heavy atom. The first kappa shape index (κ1) is 8.84. The highest BCUT2D eigenvalue weighted by atomic mass is 19.3. The third kappa shape index (κ3) is 3.80. The minimum Gasteiger partial charge on any atom is -0.206 e. The van der Waals surface area contributed by atoms with Gasteiger partial charge in [-0.1, -0.05) is 5.11 Å². The van der Waals surface area contributed by atoms with Gasteiger partial charge < -0.3 is 0 Å². The Morgan fingerprint density at radius 3 is 2.40 bits per heavy atom. The van der Waals surface area contributed by atoms with E-state index in [4.69, 9.17) is 5.53 Å². The maximum atomic E-state index is 11.8. The van der Waals surface area contributed by atoms with E-state index < -0.39 is 18.3 Å². The van der Waals surface area contributed by atoms with Gasteiger partial charge in [-0.2, -0.15) is 8.78 Å². The molecule has 0 aromatic carbocycles. The summed E-state index contributed by atoms with van der Waals surface area (Å²) in [6.45, 7) is -0.278. The van der Waals surface area contributed by atoms with Gasteiger partial charge in [-0.15, -0.1) is 0 Å². The topological polar surface area (TPSA) is 48.8 Å². The second-order valence-electron chi connectivity index (χ2n) is 1.37. The molecule has 0 aliphatic carbocycles. The van der Waals surface area contributed by atoms with Gasteiger partial charge in [0.25, 0.3) is 0 Å². The van der Waals surface area contributed by atoms with Crippen molar-refractivity contribution >= 4 is 0 Å². The van der Waals surface area contributed by atoms with E-state index in [-0.39, 0.29) is 6.54 Å². The average molecular weight is 151 g/mol. The van der Waals surface area contributed by atoms with Gasteiger partial charge in [0.1, 0.15) is 0 Å². The number of rotatable bonds is 3. The Balaban J connectivity index is 3.70. The molecule has 0 spiro atoms. The molecular formula is C4H4F3N3. The van der Waals surface area contributed by atoms with E-state index in [1.165, 1.54) is 0 Å². The summed E-state index contributed by atoms with van der Waals surface area (Å²) in [5.41, 5.74) is 7.65. The van der Waals surface area contributed by atoms with Crippen LogP contribution in [0.3, 0.4) is 0 Å². The SMILES string of the molecule is [N-]=[N+]=NCCC(F)=C(F)F. The van der Waals surface area contributed by atoms with E-state index in [0.29, 0.717) is 0 Å². The Labute approximate surface area is 54.8 Å². The predicted molar refractivity (Wildman–Crippen MR) is 29.0 cm³/mol. The monoisotopic (exact) mass is 151 g/mol. The molecule has 6 heteroatoms. The second-order valence-corrected chi connectivity index (χ2v) is 1.37. The van der Waals surface area contributed by atoms with Crippen LogP contribution in [0.5, 0.6) is 0 Å². The molecule has 0 heterocycles. The lowest BCUT2D eigenvalue weighted by Gasteiger charge is -1.87. The van der Waals surface area contributed by atoms with Crippen LogP contribution >= 0.6 is 0 Å². The quantitative estimate of drug-likeness (QED) is 0.338. The summed E-state index contributed by atoms with van der Waals surface area (Å²) in [7, 11) is 0. The molecule has 0 N–H and O–H groups in total. The molecule has 0 aliphatic rings. The van der Waals surface area contributed by atoms with Crippen LogP contribution in [-0.2, 0) is 0 Å². The fourth-order valence-electron chi connectivity index (χ4n) is 0.287. The highest BCUT2D eigenvalue weighted by Crippen LogP contribution is 2.12. The smallest absolute Gasteiger partial charge is 0.206 e. The van der Waals surface area contributed by atoms with E-state index >= 15 is 0 Å². The number of halogens is 3. The zero-order chi connectivity index (χ0) is 7.98. The second kappa shape index (κ2) is 4.69. The van der Waals surface area contributed by atoms with Crippen LogP contribution in [0.15, 0.2) is 17.0 Å².